The molecule has 0 aliphatic rings. The molecular weight excluding hydrogens is 236 g/mol. The molecule has 0 saturated carbocycles. The minimum atomic E-state index is -3.43. The Balaban J connectivity index is 2.81. The molecule has 5 heteroatoms. The molecule has 0 aliphatic heterocycles. The Bertz CT molecular complexity index is 478. The second-order valence-electron chi connectivity index (χ2n) is 3.96. The lowest BCUT2D eigenvalue weighted by Gasteiger charge is -2.07. The smallest absolute Gasteiger partial charge is 0.240 e. The van der Waals surface area contributed by atoms with Crippen LogP contribution < -0.4 is 10.5 Å². The molecule has 0 atom stereocenters. The van der Waals surface area contributed by atoms with Crippen LogP contribution in [0.25, 0.3) is 0 Å². The van der Waals surface area contributed by atoms with Crippen LogP contribution in [0.3, 0.4) is 0 Å². The molecule has 0 aliphatic carbocycles. The van der Waals surface area contributed by atoms with Crippen molar-refractivity contribution < 1.29 is 8.42 Å². The summed E-state index contributed by atoms with van der Waals surface area (Å²) >= 11 is 0. The maximum Gasteiger partial charge on any atom is 0.240 e. The molecule has 0 saturated heterocycles. The third-order valence-corrected chi connectivity index (χ3v) is 3.65. The number of nitrogens with one attached hydrogen (secondary N) is 1. The molecule has 4 nitrogen and oxygen atoms in total. The summed E-state index contributed by atoms with van der Waals surface area (Å²) in [6.07, 6.45) is 0.750. The van der Waals surface area contributed by atoms with Crippen LogP contribution in [-0.2, 0) is 16.4 Å². The Morgan fingerprint density at radius 3 is 2.41 bits per heavy atom. The third kappa shape index (κ3) is 4.30. The highest BCUT2D eigenvalue weighted by Gasteiger charge is 2.12. The van der Waals surface area contributed by atoms with Gasteiger partial charge in [0, 0.05) is 6.54 Å². The summed E-state index contributed by atoms with van der Waals surface area (Å²) in [5.74, 6) is 0. The van der Waals surface area contributed by atoms with E-state index in [2.05, 4.69) is 11.3 Å². The number of nitrogens with two attached hydrogens (primary N) is 1. The second kappa shape index (κ2) is 5.95. The van der Waals surface area contributed by atoms with Crippen molar-refractivity contribution in [2.45, 2.75) is 18.2 Å². The number of benzene rings is 1. The van der Waals surface area contributed by atoms with Crippen molar-refractivity contribution in [2.24, 2.45) is 5.73 Å². The highest BCUT2D eigenvalue weighted by molar-refractivity contribution is 7.89. The van der Waals surface area contributed by atoms with Crippen molar-refractivity contribution in [3.8, 4) is 0 Å². The van der Waals surface area contributed by atoms with Gasteiger partial charge in [0.15, 0.2) is 0 Å². The lowest BCUT2D eigenvalue weighted by Crippen LogP contribution is -2.25. The van der Waals surface area contributed by atoms with E-state index >= 15 is 0 Å². The van der Waals surface area contributed by atoms with Gasteiger partial charge in [-0.05, 0) is 37.6 Å². The summed E-state index contributed by atoms with van der Waals surface area (Å²) in [5.41, 5.74) is 7.23. The van der Waals surface area contributed by atoms with E-state index in [1.54, 1.807) is 31.2 Å². The summed E-state index contributed by atoms with van der Waals surface area (Å²) in [5, 5.41) is 0. The topological polar surface area (TPSA) is 72.2 Å². The van der Waals surface area contributed by atoms with Crippen molar-refractivity contribution >= 4 is 10.0 Å². The lowest BCUT2D eigenvalue weighted by atomic mass is 10.2. The molecule has 0 radical (unpaired) electrons. The van der Waals surface area contributed by atoms with Gasteiger partial charge in [0.2, 0.25) is 10.0 Å². The van der Waals surface area contributed by atoms with Gasteiger partial charge >= 0.3 is 0 Å². The first-order chi connectivity index (χ1) is 7.95. The van der Waals surface area contributed by atoms with Crippen molar-refractivity contribution in [3.63, 3.8) is 0 Å². The van der Waals surface area contributed by atoms with Crippen molar-refractivity contribution in [3.05, 3.63) is 42.0 Å². The van der Waals surface area contributed by atoms with Crippen LogP contribution >= 0.6 is 0 Å². The van der Waals surface area contributed by atoms with Crippen LogP contribution in [0, 0.1) is 0 Å². The predicted octanol–water partition coefficient (Wildman–Crippen LogP) is 1.04. The van der Waals surface area contributed by atoms with E-state index in [1.807, 2.05) is 0 Å². The van der Waals surface area contributed by atoms with E-state index in [0.29, 0.717) is 6.54 Å². The van der Waals surface area contributed by atoms with Crippen LogP contribution in [0.2, 0.25) is 0 Å². The summed E-state index contributed by atoms with van der Waals surface area (Å²) in [7, 11) is -3.43. The van der Waals surface area contributed by atoms with E-state index in [0.717, 1.165) is 17.6 Å². The number of hydrogen-bond acceptors (Lipinski definition) is 3. The van der Waals surface area contributed by atoms with E-state index in [9.17, 15) is 8.42 Å². The molecule has 17 heavy (non-hydrogen) atoms. The predicted molar refractivity (Wildman–Crippen MR) is 69.2 cm³/mol. The first kappa shape index (κ1) is 13.9. The standard InChI is InChI=1S/C12H18N2O2S/c1-10(2)9-14-17(15,16)12-5-3-11(4-6-12)7-8-13/h3-6,14H,1,7-9,13H2,2H3. The lowest BCUT2D eigenvalue weighted by molar-refractivity contribution is 0.584. The fraction of sp³-hybridized carbons (Fsp3) is 0.333. The largest absolute Gasteiger partial charge is 0.330 e. The quantitative estimate of drug-likeness (QED) is 0.745. The monoisotopic (exact) mass is 254 g/mol. The molecule has 0 fully saturated rings. The normalized spacial score (nSPS) is 11.4. The van der Waals surface area contributed by atoms with E-state index in [1.165, 1.54) is 0 Å². The molecule has 0 aromatic heterocycles. The maximum absolute atomic E-state index is 11.8. The van der Waals surface area contributed by atoms with E-state index in [4.69, 9.17) is 5.73 Å². The molecule has 94 valence electrons. The number of rotatable bonds is 6. The van der Waals surface area contributed by atoms with E-state index in [-0.39, 0.29) is 11.4 Å². The van der Waals surface area contributed by atoms with Crippen molar-refractivity contribution in [2.75, 3.05) is 13.1 Å². The molecule has 0 unspecified atom stereocenters. The van der Waals surface area contributed by atoms with Gasteiger partial charge in [-0.1, -0.05) is 24.3 Å². The van der Waals surface area contributed by atoms with Gasteiger partial charge in [0.25, 0.3) is 0 Å². The fourth-order valence-electron chi connectivity index (χ4n) is 1.30. The van der Waals surface area contributed by atoms with Crippen LogP contribution in [0.1, 0.15) is 12.5 Å². The van der Waals surface area contributed by atoms with Crippen molar-refractivity contribution in [1.82, 2.24) is 4.72 Å². The molecule has 1 aromatic carbocycles. The maximum atomic E-state index is 11.8. The minimum Gasteiger partial charge on any atom is -0.330 e. The molecule has 0 heterocycles. The molecular formula is C12H18N2O2S. The zero-order valence-corrected chi connectivity index (χ0v) is 10.8. The molecule has 1 rings (SSSR count). The summed E-state index contributed by atoms with van der Waals surface area (Å²) in [6, 6.07) is 6.74. The van der Waals surface area contributed by atoms with Crippen LogP contribution in [-0.4, -0.2) is 21.5 Å². The Kier molecular flexibility index (Phi) is 4.86. The van der Waals surface area contributed by atoms with Gasteiger partial charge < -0.3 is 5.73 Å². The van der Waals surface area contributed by atoms with Gasteiger partial charge in [0.1, 0.15) is 0 Å². The van der Waals surface area contributed by atoms with Crippen LogP contribution in [0.4, 0.5) is 0 Å². The molecule has 0 bridgehead atoms. The van der Waals surface area contributed by atoms with Crippen molar-refractivity contribution in [1.29, 1.82) is 0 Å². The highest BCUT2D eigenvalue weighted by Crippen LogP contribution is 2.10. The average Bonchev–Trinajstić information content (AvgIpc) is 2.28. The third-order valence-electron chi connectivity index (χ3n) is 2.23. The van der Waals surface area contributed by atoms with Gasteiger partial charge in [-0.3, -0.25) is 0 Å². The fourth-order valence-corrected chi connectivity index (χ4v) is 2.40. The summed E-state index contributed by atoms with van der Waals surface area (Å²) < 4.78 is 26.1. The number of sulfonamides is 1. The van der Waals surface area contributed by atoms with Gasteiger partial charge in [-0.15, -0.1) is 0 Å². The Hall–Kier alpha value is -1.17. The zero-order chi connectivity index (χ0) is 12.9. The zero-order valence-electron chi connectivity index (χ0n) is 9.94. The Morgan fingerprint density at radius 2 is 1.94 bits per heavy atom. The average molecular weight is 254 g/mol. The van der Waals surface area contributed by atoms with Gasteiger partial charge in [-0.2, -0.15) is 0 Å². The summed E-state index contributed by atoms with van der Waals surface area (Å²) in [4.78, 5) is 0.263. The Morgan fingerprint density at radius 1 is 1.35 bits per heavy atom. The van der Waals surface area contributed by atoms with Crippen LogP contribution in [0.15, 0.2) is 41.3 Å². The first-order valence-electron chi connectivity index (χ1n) is 5.39. The summed E-state index contributed by atoms with van der Waals surface area (Å²) in [6.45, 7) is 6.23. The molecule has 1 aromatic rings. The second-order valence-corrected chi connectivity index (χ2v) is 5.73. The van der Waals surface area contributed by atoms with E-state index < -0.39 is 10.0 Å². The number of hydrogen-bond donors (Lipinski definition) is 2. The first-order valence-corrected chi connectivity index (χ1v) is 6.87. The molecule has 0 spiro atoms. The SMILES string of the molecule is C=C(C)CNS(=O)(=O)c1ccc(CCN)cc1. The van der Waals surface area contributed by atoms with Gasteiger partial charge in [-0.25, -0.2) is 13.1 Å². The Labute approximate surface area is 103 Å². The molecule has 3 N–H and O–H groups in total. The van der Waals surface area contributed by atoms with Crippen LogP contribution in [0.5, 0.6) is 0 Å². The molecule has 0 amide bonds. The van der Waals surface area contributed by atoms with Gasteiger partial charge in [0.05, 0.1) is 4.90 Å². The highest BCUT2D eigenvalue weighted by atomic mass is 32.2. The minimum absolute atomic E-state index is 0.257.